The Morgan fingerprint density at radius 1 is 0.840 bits per heavy atom. The highest BCUT2D eigenvalue weighted by atomic mass is 79.9. The van der Waals surface area contributed by atoms with E-state index in [1.54, 1.807) is 11.0 Å². The monoisotopic (exact) mass is 471 g/mol. The topological polar surface area (TPSA) is 37.4 Å². The van der Waals surface area contributed by atoms with Crippen molar-refractivity contribution in [3.63, 3.8) is 0 Å². The lowest BCUT2D eigenvalue weighted by atomic mass is 10.1. The number of halogens is 2. The van der Waals surface area contributed by atoms with Crippen LogP contribution in [0.5, 0.6) is 0 Å². The van der Waals surface area contributed by atoms with Crippen LogP contribution in [0.3, 0.4) is 0 Å². The molecule has 1 aromatic rings. The van der Waals surface area contributed by atoms with Gasteiger partial charge >= 0.3 is 0 Å². The molecular weight excluding hydrogens is 446 g/mol. The second-order valence-electron chi connectivity index (χ2n) is 6.75. The molecule has 0 atom stereocenters. The summed E-state index contributed by atoms with van der Waals surface area (Å²) in [5.41, 5.74) is 1.23. The van der Waals surface area contributed by atoms with Crippen LogP contribution in [-0.2, 0) is 4.79 Å². The van der Waals surface area contributed by atoms with Crippen molar-refractivity contribution in [2.24, 2.45) is 0 Å². The molecule has 5 heteroatoms. The summed E-state index contributed by atoms with van der Waals surface area (Å²) in [6.07, 6.45) is 12.6. The van der Waals surface area contributed by atoms with Gasteiger partial charge in [0.25, 0.3) is 11.7 Å². The van der Waals surface area contributed by atoms with E-state index in [4.69, 9.17) is 0 Å². The number of benzene rings is 1. The highest BCUT2D eigenvalue weighted by molar-refractivity contribution is 9.11. The van der Waals surface area contributed by atoms with Crippen molar-refractivity contribution in [1.29, 1.82) is 0 Å². The summed E-state index contributed by atoms with van der Waals surface area (Å²) in [6.45, 7) is 2.86. The maximum absolute atomic E-state index is 12.3. The van der Waals surface area contributed by atoms with Crippen molar-refractivity contribution in [2.45, 2.75) is 71.1 Å². The molecule has 2 rings (SSSR count). The number of amides is 1. The zero-order chi connectivity index (χ0) is 18.2. The summed E-state index contributed by atoms with van der Waals surface area (Å²) >= 11 is 6.86. The van der Waals surface area contributed by atoms with Crippen LogP contribution >= 0.6 is 31.9 Å². The summed E-state index contributed by atoms with van der Waals surface area (Å²) in [5.74, 6) is -0.797. The Balaban J connectivity index is 1.72. The Labute approximate surface area is 167 Å². The minimum Gasteiger partial charge on any atom is -0.304 e. The van der Waals surface area contributed by atoms with E-state index < -0.39 is 11.7 Å². The normalized spacial score (nSPS) is 13.6. The average Bonchev–Trinajstić information content (AvgIpc) is 2.81. The molecule has 25 heavy (non-hydrogen) atoms. The SMILES string of the molecule is CCCCCCCCCCCCN1C(=O)C(=O)c2cc(Br)cc(Br)c21. The van der Waals surface area contributed by atoms with Gasteiger partial charge < -0.3 is 4.90 Å². The lowest BCUT2D eigenvalue weighted by molar-refractivity contribution is -0.114. The van der Waals surface area contributed by atoms with Crippen molar-refractivity contribution in [3.05, 3.63) is 26.6 Å². The molecule has 0 unspecified atom stereocenters. The molecule has 3 nitrogen and oxygen atoms in total. The Hall–Kier alpha value is -0.680. The number of fused-ring (bicyclic) bond motifs is 1. The molecule has 0 saturated carbocycles. The maximum atomic E-state index is 12.3. The van der Waals surface area contributed by atoms with Gasteiger partial charge in [0.1, 0.15) is 0 Å². The van der Waals surface area contributed by atoms with E-state index in [1.165, 1.54) is 51.4 Å². The van der Waals surface area contributed by atoms with Gasteiger partial charge in [0.2, 0.25) is 0 Å². The highest BCUT2D eigenvalue weighted by Gasteiger charge is 2.37. The Bertz CT molecular complexity index is 616. The van der Waals surface area contributed by atoms with Crippen molar-refractivity contribution >= 4 is 49.2 Å². The van der Waals surface area contributed by atoms with E-state index in [0.29, 0.717) is 12.1 Å². The molecule has 0 fully saturated rings. The van der Waals surface area contributed by atoms with Crippen LogP contribution in [0.4, 0.5) is 5.69 Å². The predicted molar refractivity (Wildman–Crippen MR) is 110 cm³/mol. The van der Waals surface area contributed by atoms with Crippen LogP contribution in [0.1, 0.15) is 81.5 Å². The molecular formula is C20H27Br2NO2. The lowest BCUT2D eigenvalue weighted by Crippen LogP contribution is -2.30. The maximum Gasteiger partial charge on any atom is 0.299 e. The van der Waals surface area contributed by atoms with Crippen LogP contribution < -0.4 is 4.90 Å². The first-order valence-electron chi connectivity index (χ1n) is 9.41. The third-order valence-electron chi connectivity index (χ3n) is 4.72. The van der Waals surface area contributed by atoms with Gasteiger partial charge in [-0.1, -0.05) is 80.6 Å². The van der Waals surface area contributed by atoms with E-state index in [1.807, 2.05) is 6.07 Å². The third-order valence-corrected chi connectivity index (χ3v) is 5.78. The fourth-order valence-electron chi connectivity index (χ4n) is 3.32. The number of Topliss-reactive ketones (excluding diaryl/α,β-unsaturated/α-hetero) is 1. The van der Waals surface area contributed by atoms with Crippen molar-refractivity contribution in [2.75, 3.05) is 11.4 Å². The summed E-state index contributed by atoms with van der Waals surface area (Å²) in [4.78, 5) is 26.1. The fourth-order valence-corrected chi connectivity index (χ4v) is 4.76. The summed E-state index contributed by atoms with van der Waals surface area (Å²) in [5, 5.41) is 0. The first-order valence-corrected chi connectivity index (χ1v) is 11.0. The molecule has 0 N–H and O–H groups in total. The van der Waals surface area contributed by atoms with Gasteiger partial charge in [0.05, 0.1) is 11.3 Å². The van der Waals surface area contributed by atoms with Gasteiger partial charge in [-0.3, -0.25) is 9.59 Å². The number of nitrogens with zero attached hydrogens (tertiary/aromatic N) is 1. The van der Waals surface area contributed by atoms with Gasteiger partial charge in [-0.15, -0.1) is 0 Å². The standard InChI is InChI=1S/C20H27Br2NO2/c1-2-3-4-5-6-7-8-9-10-11-12-23-18-16(19(24)20(23)25)13-15(21)14-17(18)22/h13-14H,2-12H2,1H3. The average molecular weight is 473 g/mol. The quantitative estimate of drug-likeness (QED) is 0.266. The van der Waals surface area contributed by atoms with Crippen molar-refractivity contribution in [3.8, 4) is 0 Å². The van der Waals surface area contributed by atoms with Crippen LogP contribution in [0.15, 0.2) is 21.1 Å². The third kappa shape index (κ3) is 5.65. The smallest absolute Gasteiger partial charge is 0.299 e. The first kappa shape index (κ1) is 20.6. The molecule has 0 saturated heterocycles. The van der Waals surface area contributed by atoms with Gasteiger partial charge in [-0.05, 0) is 34.5 Å². The number of unbranched alkanes of at least 4 members (excludes halogenated alkanes) is 9. The Morgan fingerprint density at radius 2 is 1.40 bits per heavy atom. The summed E-state index contributed by atoms with van der Waals surface area (Å²) < 4.78 is 1.60. The van der Waals surface area contributed by atoms with Gasteiger partial charge in [0, 0.05) is 15.5 Å². The molecule has 1 aliphatic heterocycles. The van der Waals surface area contributed by atoms with E-state index in [2.05, 4.69) is 38.8 Å². The van der Waals surface area contributed by atoms with Crippen LogP contribution in [0, 0.1) is 0 Å². The van der Waals surface area contributed by atoms with Crippen LogP contribution in [0.2, 0.25) is 0 Å². The number of rotatable bonds is 11. The molecule has 1 amide bonds. The predicted octanol–water partition coefficient (Wildman–Crippen LogP) is 6.66. The van der Waals surface area contributed by atoms with Crippen LogP contribution in [-0.4, -0.2) is 18.2 Å². The van der Waals surface area contributed by atoms with E-state index in [9.17, 15) is 9.59 Å². The second-order valence-corrected chi connectivity index (χ2v) is 8.52. The second kappa shape index (κ2) is 10.5. The highest BCUT2D eigenvalue weighted by Crippen LogP contribution is 2.38. The molecule has 1 aromatic carbocycles. The molecule has 1 heterocycles. The molecule has 0 spiro atoms. The number of hydrogen-bond donors (Lipinski definition) is 0. The van der Waals surface area contributed by atoms with E-state index in [-0.39, 0.29) is 0 Å². The molecule has 1 aliphatic rings. The van der Waals surface area contributed by atoms with E-state index in [0.717, 1.165) is 27.5 Å². The lowest BCUT2D eigenvalue weighted by Gasteiger charge is -2.17. The summed E-state index contributed by atoms with van der Waals surface area (Å²) in [6, 6.07) is 3.62. The molecule has 138 valence electrons. The molecule has 0 radical (unpaired) electrons. The van der Waals surface area contributed by atoms with E-state index >= 15 is 0 Å². The number of anilines is 1. The zero-order valence-corrected chi connectivity index (χ0v) is 18.1. The van der Waals surface area contributed by atoms with Crippen molar-refractivity contribution < 1.29 is 9.59 Å². The number of carbonyl (C=O) groups is 2. The Kier molecular flexibility index (Phi) is 8.63. The van der Waals surface area contributed by atoms with Gasteiger partial charge in [0.15, 0.2) is 0 Å². The largest absolute Gasteiger partial charge is 0.304 e. The minimum absolute atomic E-state index is 0.398. The molecule has 0 aromatic heterocycles. The molecule has 0 aliphatic carbocycles. The van der Waals surface area contributed by atoms with Crippen molar-refractivity contribution in [1.82, 2.24) is 0 Å². The van der Waals surface area contributed by atoms with Gasteiger partial charge in [-0.2, -0.15) is 0 Å². The van der Waals surface area contributed by atoms with Gasteiger partial charge in [-0.25, -0.2) is 0 Å². The first-order chi connectivity index (χ1) is 12.1. The molecule has 0 bridgehead atoms. The number of ketones is 1. The number of hydrogen-bond acceptors (Lipinski definition) is 2. The zero-order valence-electron chi connectivity index (χ0n) is 15.0. The number of carbonyl (C=O) groups excluding carboxylic acids is 2. The fraction of sp³-hybridized carbons (Fsp3) is 0.600. The summed E-state index contributed by atoms with van der Waals surface area (Å²) in [7, 11) is 0. The van der Waals surface area contributed by atoms with Crippen LogP contribution in [0.25, 0.3) is 0 Å². The minimum atomic E-state index is -0.399. The Morgan fingerprint density at radius 3 is 2.00 bits per heavy atom.